The third-order valence-corrected chi connectivity index (χ3v) is 12.2. The van der Waals surface area contributed by atoms with Crippen LogP contribution in [0.3, 0.4) is 0 Å². The fourth-order valence-electron chi connectivity index (χ4n) is 7.26. The maximum atomic E-state index is 12.7. The predicted octanol–water partition coefficient (Wildman–Crippen LogP) is 14.7. The number of carbonyl (C=O) groups excluding carboxylic acids is 2. The SMILES string of the molecule is CCCCCCC/C=C\C/C=C\CCCCCCCCCCCCCC(=O)OC(COC(=O)CCCCCCCCC/C=C\CCCCCCCC)COP(=O)(O)OCC(O)CO. The van der Waals surface area contributed by atoms with E-state index < -0.39 is 51.8 Å². The number of rotatable bonds is 49. The van der Waals surface area contributed by atoms with E-state index in [1.807, 2.05) is 0 Å². The van der Waals surface area contributed by atoms with Gasteiger partial charge in [-0.15, -0.1) is 0 Å². The van der Waals surface area contributed by atoms with Crippen molar-refractivity contribution in [3.05, 3.63) is 36.5 Å². The third kappa shape index (κ3) is 48.0. The molecule has 0 aliphatic rings. The van der Waals surface area contributed by atoms with Crippen LogP contribution in [-0.4, -0.2) is 65.7 Å². The number of ether oxygens (including phenoxy) is 2. The summed E-state index contributed by atoms with van der Waals surface area (Å²) in [5, 5.41) is 18.4. The predicted molar refractivity (Wildman–Crippen MR) is 261 cm³/mol. The molecule has 0 heterocycles. The molecule has 63 heavy (non-hydrogen) atoms. The van der Waals surface area contributed by atoms with Gasteiger partial charge >= 0.3 is 19.8 Å². The number of aliphatic hydroxyl groups is 2. The molecule has 0 aliphatic heterocycles. The monoisotopic (exact) mass is 913 g/mol. The van der Waals surface area contributed by atoms with Gasteiger partial charge in [0.2, 0.25) is 0 Å². The molecule has 0 aromatic carbocycles. The summed E-state index contributed by atoms with van der Waals surface area (Å²) in [4.78, 5) is 35.2. The first-order valence-corrected chi connectivity index (χ1v) is 27.4. The molecular weight excluding hydrogens is 816 g/mol. The summed E-state index contributed by atoms with van der Waals surface area (Å²) < 4.78 is 32.9. The van der Waals surface area contributed by atoms with E-state index in [2.05, 4.69) is 50.3 Å². The molecule has 0 spiro atoms. The Morgan fingerprint density at radius 2 is 0.825 bits per heavy atom. The van der Waals surface area contributed by atoms with Crippen LogP contribution in [0.15, 0.2) is 36.5 Å². The number of phosphoric acid groups is 1. The highest BCUT2D eigenvalue weighted by atomic mass is 31.2. The Hall–Kier alpha value is -1.81. The molecule has 0 rings (SSSR count). The van der Waals surface area contributed by atoms with Crippen LogP contribution < -0.4 is 0 Å². The molecule has 11 heteroatoms. The first-order chi connectivity index (χ1) is 30.7. The fourth-order valence-corrected chi connectivity index (χ4v) is 8.04. The number of allylic oxidation sites excluding steroid dienone is 6. The van der Waals surface area contributed by atoms with Crippen molar-refractivity contribution >= 4 is 19.8 Å². The van der Waals surface area contributed by atoms with Gasteiger partial charge in [-0.1, -0.05) is 198 Å². The fraction of sp³-hybridized carbons (Fsp3) is 0.846. The summed E-state index contributed by atoms with van der Waals surface area (Å²) in [7, 11) is -4.62. The standard InChI is InChI=1S/C52H97O10P/c1-3-5-7-9-11-13-15-17-19-21-22-23-24-25-26-28-30-32-34-36-38-40-42-44-52(56)62-50(48-61-63(57,58)60-46-49(54)45-53)47-59-51(55)43-41-39-37-35-33-31-29-27-20-18-16-14-12-10-8-6-4-2/h15,17-18,20-22,49-50,53-54H,3-14,16,19,23-48H2,1-2H3,(H,57,58)/b17-15-,20-18-,22-21-. The number of hydrogen-bond acceptors (Lipinski definition) is 9. The van der Waals surface area contributed by atoms with Gasteiger partial charge in [-0.2, -0.15) is 0 Å². The quantitative estimate of drug-likeness (QED) is 0.0233. The molecule has 0 bridgehead atoms. The lowest BCUT2D eigenvalue weighted by Gasteiger charge is -2.20. The zero-order valence-corrected chi connectivity index (χ0v) is 41.4. The average molecular weight is 913 g/mol. The summed E-state index contributed by atoms with van der Waals surface area (Å²) in [6, 6.07) is 0. The van der Waals surface area contributed by atoms with Crippen molar-refractivity contribution in [1.82, 2.24) is 0 Å². The Morgan fingerprint density at radius 1 is 0.476 bits per heavy atom. The minimum absolute atomic E-state index is 0.182. The van der Waals surface area contributed by atoms with Gasteiger partial charge < -0.3 is 24.6 Å². The molecule has 0 radical (unpaired) electrons. The van der Waals surface area contributed by atoms with E-state index in [9.17, 15) is 24.2 Å². The van der Waals surface area contributed by atoms with Crippen LogP contribution in [0.1, 0.15) is 245 Å². The second-order valence-electron chi connectivity index (χ2n) is 17.5. The highest BCUT2D eigenvalue weighted by molar-refractivity contribution is 7.47. The van der Waals surface area contributed by atoms with Crippen molar-refractivity contribution in [2.24, 2.45) is 0 Å². The lowest BCUT2D eigenvalue weighted by Crippen LogP contribution is -2.29. The summed E-state index contributed by atoms with van der Waals surface area (Å²) in [6.07, 6.45) is 52.5. The topological polar surface area (TPSA) is 149 Å². The molecule has 10 nitrogen and oxygen atoms in total. The summed E-state index contributed by atoms with van der Waals surface area (Å²) in [5.74, 6) is -0.923. The number of aliphatic hydroxyl groups excluding tert-OH is 2. The van der Waals surface area contributed by atoms with Crippen molar-refractivity contribution in [1.29, 1.82) is 0 Å². The van der Waals surface area contributed by atoms with Gasteiger partial charge in [0.05, 0.1) is 19.8 Å². The van der Waals surface area contributed by atoms with Crippen LogP contribution >= 0.6 is 7.82 Å². The van der Waals surface area contributed by atoms with Gasteiger partial charge in [0.1, 0.15) is 12.7 Å². The first kappa shape index (κ1) is 61.2. The van der Waals surface area contributed by atoms with Crippen molar-refractivity contribution in [3.8, 4) is 0 Å². The van der Waals surface area contributed by atoms with Crippen LogP contribution in [0.25, 0.3) is 0 Å². The molecule has 3 unspecified atom stereocenters. The molecule has 3 N–H and O–H groups in total. The van der Waals surface area contributed by atoms with Gasteiger partial charge in [0.25, 0.3) is 0 Å². The van der Waals surface area contributed by atoms with Crippen molar-refractivity contribution in [3.63, 3.8) is 0 Å². The normalized spacial score (nSPS) is 13.9. The highest BCUT2D eigenvalue weighted by Gasteiger charge is 2.27. The molecule has 0 saturated carbocycles. The van der Waals surface area contributed by atoms with Crippen molar-refractivity contribution in [2.45, 2.75) is 257 Å². The molecule has 0 aromatic rings. The van der Waals surface area contributed by atoms with E-state index in [1.54, 1.807) is 0 Å². The number of hydrogen-bond donors (Lipinski definition) is 3. The highest BCUT2D eigenvalue weighted by Crippen LogP contribution is 2.43. The molecule has 3 atom stereocenters. The van der Waals surface area contributed by atoms with Crippen LogP contribution in [0.2, 0.25) is 0 Å². The van der Waals surface area contributed by atoms with Gasteiger partial charge in [0.15, 0.2) is 6.10 Å². The second kappa shape index (κ2) is 48.1. The van der Waals surface area contributed by atoms with E-state index in [-0.39, 0.29) is 19.4 Å². The molecule has 0 amide bonds. The Balaban J connectivity index is 4.16. The van der Waals surface area contributed by atoms with E-state index in [0.717, 1.165) is 51.4 Å². The van der Waals surface area contributed by atoms with E-state index in [4.69, 9.17) is 23.6 Å². The van der Waals surface area contributed by atoms with Gasteiger partial charge in [-0.05, 0) is 70.6 Å². The third-order valence-electron chi connectivity index (χ3n) is 11.3. The first-order valence-electron chi connectivity index (χ1n) is 25.9. The lowest BCUT2D eigenvalue weighted by molar-refractivity contribution is -0.161. The number of unbranched alkanes of at least 4 members (excludes halogenated alkanes) is 29. The van der Waals surface area contributed by atoms with E-state index >= 15 is 0 Å². The molecule has 0 aromatic heterocycles. The van der Waals surface area contributed by atoms with Gasteiger partial charge in [-0.3, -0.25) is 18.6 Å². The molecule has 370 valence electrons. The van der Waals surface area contributed by atoms with E-state index in [0.29, 0.717) is 12.8 Å². The van der Waals surface area contributed by atoms with Gasteiger partial charge in [0, 0.05) is 12.8 Å². The summed E-state index contributed by atoms with van der Waals surface area (Å²) in [6.45, 7) is 2.40. The number of esters is 2. The van der Waals surface area contributed by atoms with Crippen molar-refractivity contribution < 1.29 is 47.8 Å². The largest absolute Gasteiger partial charge is 0.472 e. The smallest absolute Gasteiger partial charge is 0.462 e. The second-order valence-corrected chi connectivity index (χ2v) is 19.0. The maximum Gasteiger partial charge on any atom is 0.472 e. The lowest BCUT2D eigenvalue weighted by atomic mass is 10.0. The molecular formula is C52H97O10P. The molecule has 0 fully saturated rings. The zero-order valence-electron chi connectivity index (χ0n) is 40.5. The summed E-state index contributed by atoms with van der Waals surface area (Å²) >= 11 is 0. The Kier molecular flexibility index (Phi) is 46.7. The number of phosphoric ester groups is 1. The van der Waals surface area contributed by atoms with E-state index in [1.165, 1.54) is 154 Å². The minimum Gasteiger partial charge on any atom is -0.462 e. The molecule has 0 aliphatic carbocycles. The van der Waals surface area contributed by atoms with Crippen LogP contribution in [0.5, 0.6) is 0 Å². The molecule has 0 saturated heterocycles. The Morgan fingerprint density at radius 3 is 1.24 bits per heavy atom. The van der Waals surface area contributed by atoms with Crippen LogP contribution in [0.4, 0.5) is 0 Å². The van der Waals surface area contributed by atoms with Gasteiger partial charge in [-0.25, -0.2) is 4.57 Å². The Labute approximate surface area is 386 Å². The number of carbonyl (C=O) groups is 2. The minimum atomic E-state index is -4.62. The average Bonchev–Trinajstić information content (AvgIpc) is 3.27. The van der Waals surface area contributed by atoms with Crippen molar-refractivity contribution in [2.75, 3.05) is 26.4 Å². The summed E-state index contributed by atoms with van der Waals surface area (Å²) in [5.41, 5.74) is 0. The van der Waals surface area contributed by atoms with Crippen LogP contribution in [-0.2, 0) is 32.7 Å². The maximum absolute atomic E-state index is 12.7. The zero-order chi connectivity index (χ0) is 46.2. The Bertz CT molecular complexity index is 1140. The van der Waals surface area contributed by atoms with Crippen LogP contribution in [0, 0.1) is 0 Å².